The molecule has 0 N–H and O–H groups in total. The second-order valence-corrected chi connectivity index (χ2v) is 7.33. The summed E-state index contributed by atoms with van der Waals surface area (Å²) in [6.07, 6.45) is 21.3. The van der Waals surface area contributed by atoms with Crippen molar-refractivity contribution in [2.24, 2.45) is 0 Å². The summed E-state index contributed by atoms with van der Waals surface area (Å²) in [6, 6.07) is 0. The molecule has 0 aromatic rings. The van der Waals surface area contributed by atoms with Gasteiger partial charge in [0, 0.05) is 0 Å². The lowest BCUT2D eigenvalue weighted by Crippen LogP contribution is -1.92. The molecule has 0 unspecified atom stereocenters. The summed E-state index contributed by atoms with van der Waals surface area (Å²) in [5, 5.41) is 0. The average molecular weight is 367 g/mol. The van der Waals surface area contributed by atoms with Gasteiger partial charge in [-0.25, -0.2) is 0 Å². The van der Waals surface area contributed by atoms with Crippen LogP contribution >= 0.6 is 0 Å². The first-order valence-corrected chi connectivity index (χ1v) is 11.4. The van der Waals surface area contributed by atoms with Crippen molar-refractivity contribution in [1.29, 1.82) is 0 Å². The monoisotopic (exact) mass is 366 g/mol. The molecule has 2 heteroatoms. The van der Waals surface area contributed by atoms with Gasteiger partial charge >= 0.3 is 0 Å². The predicted octanol–water partition coefficient (Wildman–Crippen LogP) is 8.33. The predicted molar refractivity (Wildman–Crippen MR) is 115 cm³/mol. The second kappa shape index (κ2) is 20.4. The van der Waals surface area contributed by atoms with Crippen LogP contribution in [0.4, 0.5) is 0 Å². The third-order valence-corrected chi connectivity index (χ3v) is 4.89. The van der Waals surface area contributed by atoms with Crippen molar-refractivity contribution < 1.29 is 9.47 Å². The Labute approximate surface area is 164 Å². The van der Waals surface area contributed by atoms with E-state index in [2.05, 4.69) is 27.7 Å². The molecule has 0 aliphatic heterocycles. The van der Waals surface area contributed by atoms with Gasteiger partial charge in [0.15, 0.2) is 0 Å². The molecule has 0 rings (SSSR count). The molecule has 0 spiro atoms. The van der Waals surface area contributed by atoms with Gasteiger partial charge in [0.1, 0.15) is 0 Å². The van der Waals surface area contributed by atoms with Gasteiger partial charge < -0.3 is 9.47 Å². The zero-order valence-electron chi connectivity index (χ0n) is 18.3. The molecular formula is C24H46O2. The van der Waals surface area contributed by atoms with Gasteiger partial charge in [0.25, 0.3) is 0 Å². The Balaban J connectivity index is 3.45. The van der Waals surface area contributed by atoms with E-state index in [1.807, 2.05) is 12.5 Å². The van der Waals surface area contributed by atoms with Crippen molar-refractivity contribution in [2.45, 2.75) is 118 Å². The van der Waals surface area contributed by atoms with E-state index in [1.165, 1.54) is 88.2 Å². The first-order valence-electron chi connectivity index (χ1n) is 11.4. The highest BCUT2D eigenvalue weighted by atomic mass is 16.5. The zero-order valence-corrected chi connectivity index (χ0v) is 18.3. The van der Waals surface area contributed by atoms with Gasteiger partial charge in [-0.3, -0.25) is 0 Å². The van der Waals surface area contributed by atoms with Crippen molar-refractivity contribution in [3.63, 3.8) is 0 Å². The van der Waals surface area contributed by atoms with Crippen molar-refractivity contribution in [1.82, 2.24) is 0 Å². The molecule has 0 aliphatic carbocycles. The molecule has 0 saturated carbocycles. The first-order chi connectivity index (χ1) is 12.8. The van der Waals surface area contributed by atoms with Crippen LogP contribution in [0.3, 0.4) is 0 Å². The molecule has 0 aromatic carbocycles. The third kappa shape index (κ3) is 16.5. The van der Waals surface area contributed by atoms with Crippen LogP contribution in [0, 0.1) is 0 Å². The van der Waals surface area contributed by atoms with Crippen LogP contribution in [-0.4, -0.2) is 13.2 Å². The van der Waals surface area contributed by atoms with E-state index in [9.17, 15) is 0 Å². The van der Waals surface area contributed by atoms with E-state index in [0.717, 1.165) is 26.1 Å². The van der Waals surface area contributed by atoms with E-state index in [-0.39, 0.29) is 0 Å². The Morgan fingerprint density at radius 3 is 1.27 bits per heavy atom. The lowest BCUT2D eigenvalue weighted by molar-refractivity contribution is 0.231. The van der Waals surface area contributed by atoms with Crippen LogP contribution < -0.4 is 0 Å². The van der Waals surface area contributed by atoms with Gasteiger partial charge in [-0.15, -0.1) is 0 Å². The van der Waals surface area contributed by atoms with Gasteiger partial charge in [-0.2, -0.15) is 0 Å². The van der Waals surface area contributed by atoms with Crippen molar-refractivity contribution in [3.8, 4) is 0 Å². The van der Waals surface area contributed by atoms with E-state index in [1.54, 1.807) is 0 Å². The fourth-order valence-corrected chi connectivity index (χ4v) is 2.88. The van der Waals surface area contributed by atoms with Crippen molar-refractivity contribution >= 4 is 0 Å². The SMILES string of the molecule is CCCCC(=COCCCCCCCCOC=C(CC)CCCC)CC. The highest BCUT2D eigenvalue weighted by Gasteiger charge is 1.96. The average Bonchev–Trinajstić information content (AvgIpc) is 2.67. The Morgan fingerprint density at radius 1 is 0.538 bits per heavy atom. The number of unbranched alkanes of at least 4 members (excludes halogenated alkanes) is 7. The van der Waals surface area contributed by atoms with Gasteiger partial charge in [0.2, 0.25) is 0 Å². The molecule has 26 heavy (non-hydrogen) atoms. The first kappa shape index (κ1) is 25.1. The summed E-state index contributed by atoms with van der Waals surface area (Å²) in [7, 11) is 0. The summed E-state index contributed by atoms with van der Waals surface area (Å²) < 4.78 is 11.4. The van der Waals surface area contributed by atoms with Gasteiger partial charge in [-0.1, -0.05) is 66.2 Å². The molecule has 154 valence electrons. The Hall–Kier alpha value is -0.920. The number of hydrogen-bond donors (Lipinski definition) is 0. The standard InChI is InChI=1S/C24H46O2/c1-5-9-17-23(7-3)21-25-19-15-13-11-12-14-16-20-26-22-24(8-4)18-10-6-2/h21-22H,5-20H2,1-4H3. The molecule has 0 saturated heterocycles. The van der Waals surface area contributed by atoms with Crippen LogP contribution in [0.2, 0.25) is 0 Å². The van der Waals surface area contributed by atoms with E-state index in [0.29, 0.717) is 0 Å². The Kier molecular flexibility index (Phi) is 19.7. The maximum atomic E-state index is 5.72. The molecule has 0 heterocycles. The number of hydrogen-bond acceptors (Lipinski definition) is 2. The smallest absolute Gasteiger partial charge is 0.0873 e. The van der Waals surface area contributed by atoms with Crippen LogP contribution in [0.1, 0.15) is 118 Å². The largest absolute Gasteiger partial charge is 0.501 e. The van der Waals surface area contributed by atoms with E-state index in [4.69, 9.17) is 9.47 Å². The highest BCUT2D eigenvalue weighted by Crippen LogP contribution is 2.13. The maximum Gasteiger partial charge on any atom is 0.0873 e. The van der Waals surface area contributed by atoms with Gasteiger partial charge in [0.05, 0.1) is 25.7 Å². The van der Waals surface area contributed by atoms with Crippen LogP contribution in [0.15, 0.2) is 23.7 Å². The fraction of sp³-hybridized carbons (Fsp3) is 0.833. The minimum atomic E-state index is 0.876. The summed E-state index contributed by atoms with van der Waals surface area (Å²) in [5.41, 5.74) is 2.92. The van der Waals surface area contributed by atoms with Crippen LogP contribution in [-0.2, 0) is 9.47 Å². The molecule has 0 aromatic heterocycles. The maximum absolute atomic E-state index is 5.72. The van der Waals surface area contributed by atoms with Crippen LogP contribution in [0.25, 0.3) is 0 Å². The molecule has 0 fully saturated rings. The highest BCUT2D eigenvalue weighted by molar-refractivity contribution is 4.97. The summed E-state index contributed by atoms with van der Waals surface area (Å²) in [5.74, 6) is 0. The Morgan fingerprint density at radius 2 is 0.923 bits per heavy atom. The molecule has 0 aliphatic rings. The summed E-state index contributed by atoms with van der Waals surface area (Å²) in [6.45, 7) is 10.7. The molecular weight excluding hydrogens is 320 g/mol. The lowest BCUT2D eigenvalue weighted by atomic mass is 10.1. The molecule has 0 radical (unpaired) electrons. The molecule has 0 bridgehead atoms. The van der Waals surface area contributed by atoms with E-state index >= 15 is 0 Å². The fourth-order valence-electron chi connectivity index (χ4n) is 2.88. The van der Waals surface area contributed by atoms with Gasteiger partial charge in [-0.05, 0) is 62.5 Å². The van der Waals surface area contributed by atoms with Crippen LogP contribution in [0.5, 0.6) is 0 Å². The van der Waals surface area contributed by atoms with Crippen molar-refractivity contribution in [3.05, 3.63) is 23.7 Å². The lowest BCUT2D eigenvalue weighted by Gasteiger charge is -2.07. The minimum absolute atomic E-state index is 0.876. The summed E-state index contributed by atoms with van der Waals surface area (Å²) in [4.78, 5) is 0. The molecule has 0 atom stereocenters. The third-order valence-electron chi connectivity index (χ3n) is 4.89. The Bertz CT molecular complexity index is 310. The number of rotatable bonds is 19. The van der Waals surface area contributed by atoms with Crippen molar-refractivity contribution in [2.75, 3.05) is 13.2 Å². The number of ether oxygens (including phenoxy) is 2. The quantitative estimate of drug-likeness (QED) is 0.169. The second-order valence-electron chi connectivity index (χ2n) is 7.33. The van der Waals surface area contributed by atoms with E-state index < -0.39 is 0 Å². The number of allylic oxidation sites excluding steroid dienone is 2. The normalized spacial score (nSPS) is 12.5. The topological polar surface area (TPSA) is 18.5 Å². The summed E-state index contributed by atoms with van der Waals surface area (Å²) >= 11 is 0. The minimum Gasteiger partial charge on any atom is -0.501 e. The zero-order chi connectivity index (χ0) is 19.3. The molecule has 0 amide bonds. The molecule has 2 nitrogen and oxygen atoms in total.